The maximum absolute atomic E-state index is 12.0. The van der Waals surface area contributed by atoms with Crippen LogP contribution in [-0.2, 0) is 0 Å². The Morgan fingerprint density at radius 3 is 2.52 bits per heavy atom. The molecule has 0 atom stereocenters. The van der Waals surface area contributed by atoms with Crippen LogP contribution in [0.3, 0.4) is 0 Å². The first-order valence-corrected chi connectivity index (χ1v) is 7.53. The predicted molar refractivity (Wildman–Crippen MR) is 86.9 cm³/mol. The van der Waals surface area contributed by atoms with Gasteiger partial charge in [-0.2, -0.15) is 0 Å². The van der Waals surface area contributed by atoms with Crippen LogP contribution < -0.4 is 0 Å². The average Bonchev–Trinajstić information content (AvgIpc) is 3.04. The fourth-order valence-corrected chi connectivity index (χ4v) is 3.78. The monoisotopic (exact) mass is 292 g/mol. The van der Waals surface area contributed by atoms with Gasteiger partial charge >= 0.3 is 0 Å². The van der Waals surface area contributed by atoms with Crippen molar-refractivity contribution in [3.05, 3.63) is 54.6 Å². The highest BCUT2D eigenvalue weighted by molar-refractivity contribution is 7.21. The number of carbonyl (C=O) groups is 1. The number of hydrogen-bond donors (Lipinski definition) is 0. The minimum absolute atomic E-state index is 0.0180. The van der Waals surface area contributed by atoms with E-state index < -0.39 is 0 Å². The molecule has 0 bridgehead atoms. The molecule has 2 aromatic carbocycles. The molecule has 3 nitrogen and oxygen atoms in total. The molecule has 0 N–H and O–H groups in total. The predicted octanol–water partition coefficient (Wildman–Crippen LogP) is 4.58. The molecule has 4 rings (SSSR count). The summed E-state index contributed by atoms with van der Waals surface area (Å²) in [5, 5.41) is 1.97. The number of carbonyl (C=O) groups excluding carboxylic acids is 1. The van der Waals surface area contributed by atoms with Crippen molar-refractivity contribution in [2.24, 2.45) is 0 Å². The minimum atomic E-state index is 0.0180. The summed E-state index contributed by atoms with van der Waals surface area (Å²) < 4.78 is 1.76. The normalized spacial score (nSPS) is 11.3. The second-order valence-corrected chi connectivity index (χ2v) is 5.89. The summed E-state index contributed by atoms with van der Waals surface area (Å²) in [6, 6.07) is 18.0. The Hall–Kier alpha value is -2.46. The molecule has 0 aliphatic heterocycles. The number of rotatable bonds is 1. The second kappa shape index (κ2) is 4.53. The van der Waals surface area contributed by atoms with Crippen LogP contribution in [0.1, 0.15) is 11.7 Å². The number of hydrogen-bond acceptors (Lipinski definition) is 3. The molecule has 0 saturated heterocycles. The third-order valence-electron chi connectivity index (χ3n) is 3.55. The summed E-state index contributed by atoms with van der Waals surface area (Å²) in [4.78, 5) is 17.7. The maximum Gasteiger partial charge on any atom is 0.229 e. The zero-order valence-electron chi connectivity index (χ0n) is 11.4. The van der Waals surface area contributed by atoms with Crippen molar-refractivity contribution >= 4 is 38.5 Å². The molecular weight excluding hydrogens is 280 g/mol. The molecule has 4 aromatic rings. The second-order valence-electron chi connectivity index (χ2n) is 4.91. The fourth-order valence-electron chi connectivity index (χ4n) is 2.63. The van der Waals surface area contributed by atoms with Gasteiger partial charge < -0.3 is 0 Å². The van der Waals surface area contributed by atoms with Crippen LogP contribution in [0, 0.1) is 0 Å². The number of benzene rings is 2. The summed E-state index contributed by atoms with van der Waals surface area (Å²) >= 11 is 1.56. The Bertz CT molecular complexity index is 966. The van der Waals surface area contributed by atoms with Gasteiger partial charge in [-0.05, 0) is 6.07 Å². The molecule has 0 aliphatic carbocycles. The highest BCUT2D eigenvalue weighted by Gasteiger charge is 2.18. The van der Waals surface area contributed by atoms with Crippen molar-refractivity contribution in [2.45, 2.75) is 6.92 Å². The van der Waals surface area contributed by atoms with E-state index in [9.17, 15) is 4.79 Å². The lowest BCUT2D eigenvalue weighted by Crippen LogP contribution is -2.03. The standard InChI is InChI=1S/C17H12N2OS/c1-11(20)19-14-10-6-5-9-13(14)15-17(19)21-16(18-15)12-7-3-2-4-8-12/h2-10H,1H3. The molecular formula is C17H12N2OS. The molecule has 0 unspecified atom stereocenters. The topological polar surface area (TPSA) is 34.9 Å². The number of aromatic nitrogens is 2. The molecule has 0 spiro atoms. The lowest BCUT2D eigenvalue weighted by molar-refractivity contribution is 0.0947. The number of nitrogens with zero attached hydrogens (tertiary/aromatic N) is 2. The molecule has 4 heteroatoms. The summed E-state index contributed by atoms with van der Waals surface area (Å²) in [6.07, 6.45) is 0. The van der Waals surface area contributed by atoms with E-state index in [2.05, 4.69) is 0 Å². The van der Waals surface area contributed by atoms with Gasteiger partial charge in [-0.25, -0.2) is 4.98 Å². The minimum Gasteiger partial charge on any atom is -0.274 e. The van der Waals surface area contributed by atoms with E-state index in [1.54, 1.807) is 22.8 Å². The lowest BCUT2D eigenvalue weighted by Gasteiger charge is -1.99. The van der Waals surface area contributed by atoms with Gasteiger partial charge in [0.25, 0.3) is 0 Å². The van der Waals surface area contributed by atoms with Gasteiger partial charge in [0.15, 0.2) is 0 Å². The van der Waals surface area contributed by atoms with Gasteiger partial charge in [0.05, 0.1) is 5.52 Å². The first kappa shape index (κ1) is 12.3. The van der Waals surface area contributed by atoms with E-state index in [1.807, 2.05) is 54.6 Å². The lowest BCUT2D eigenvalue weighted by atomic mass is 10.2. The van der Waals surface area contributed by atoms with Crippen LogP contribution in [0.2, 0.25) is 0 Å². The first-order valence-electron chi connectivity index (χ1n) is 6.72. The number of fused-ring (bicyclic) bond motifs is 3. The molecule has 0 amide bonds. The van der Waals surface area contributed by atoms with E-state index in [4.69, 9.17) is 4.98 Å². The average molecular weight is 292 g/mol. The zero-order valence-corrected chi connectivity index (χ0v) is 12.2. The van der Waals surface area contributed by atoms with Crippen molar-refractivity contribution in [2.75, 3.05) is 0 Å². The maximum atomic E-state index is 12.0. The smallest absolute Gasteiger partial charge is 0.229 e. The molecule has 102 valence electrons. The number of para-hydroxylation sites is 1. The third-order valence-corrected chi connectivity index (χ3v) is 4.64. The van der Waals surface area contributed by atoms with Crippen LogP contribution in [0.4, 0.5) is 0 Å². The Balaban J connectivity index is 2.09. The SMILES string of the molecule is CC(=O)n1c2ccccc2c2nc(-c3ccccc3)sc21. The van der Waals surface area contributed by atoms with E-state index in [1.165, 1.54) is 0 Å². The Labute approximate surface area is 125 Å². The summed E-state index contributed by atoms with van der Waals surface area (Å²) in [5.41, 5.74) is 2.92. The third kappa shape index (κ3) is 1.80. The zero-order chi connectivity index (χ0) is 14.4. The fraction of sp³-hybridized carbons (Fsp3) is 0.0588. The highest BCUT2D eigenvalue weighted by atomic mass is 32.1. The van der Waals surface area contributed by atoms with Gasteiger partial charge in [0.1, 0.15) is 15.4 Å². The van der Waals surface area contributed by atoms with E-state index in [0.29, 0.717) is 0 Å². The molecule has 0 fully saturated rings. The Morgan fingerprint density at radius 1 is 1.05 bits per heavy atom. The molecule has 0 saturated carbocycles. The molecule has 2 heterocycles. The van der Waals surface area contributed by atoms with Gasteiger partial charge in [-0.15, -0.1) is 0 Å². The van der Waals surface area contributed by atoms with Gasteiger partial charge in [-0.3, -0.25) is 9.36 Å². The molecule has 0 radical (unpaired) electrons. The van der Waals surface area contributed by atoms with E-state index >= 15 is 0 Å². The van der Waals surface area contributed by atoms with Crippen LogP contribution in [0.15, 0.2) is 54.6 Å². The summed E-state index contributed by atoms with van der Waals surface area (Å²) in [7, 11) is 0. The quantitative estimate of drug-likeness (QED) is 0.515. The van der Waals surface area contributed by atoms with Crippen molar-refractivity contribution in [3.8, 4) is 10.6 Å². The van der Waals surface area contributed by atoms with Crippen LogP contribution >= 0.6 is 11.3 Å². The van der Waals surface area contributed by atoms with Crippen LogP contribution in [-0.4, -0.2) is 15.5 Å². The van der Waals surface area contributed by atoms with Crippen molar-refractivity contribution in [1.29, 1.82) is 0 Å². The van der Waals surface area contributed by atoms with Gasteiger partial charge in [0, 0.05) is 17.9 Å². The van der Waals surface area contributed by atoms with E-state index in [-0.39, 0.29) is 5.91 Å². The van der Waals surface area contributed by atoms with Gasteiger partial charge in [-0.1, -0.05) is 59.9 Å². The van der Waals surface area contributed by atoms with Gasteiger partial charge in [0.2, 0.25) is 5.91 Å². The largest absolute Gasteiger partial charge is 0.274 e. The highest BCUT2D eigenvalue weighted by Crippen LogP contribution is 2.36. The van der Waals surface area contributed by atoms with Crippen molar-refractivity contribution in [3.63, 3.8) is 0 Å². The Morgan fingerprint density at radius 2 is 1.76 bits per heavy atom. The first-order chi connectivity index (χ1) is 10.3. The van der Waals surface area contributed by atoms with Crippen LogP contribution in [0.25, 0.3) is 31.8 Å². The van der Waals surface area contributed by atoms with Crippen molar-refractivity contribution in [1.82, 2.24) is 9.55 Å². The molecule has 0 aliphatic rings. The Kier molecular flexibility index (Phi) is 2.65. The van der Waals surface area contributed by atoms with Crippen molar-refractivity contribution < 1.29 is 4.79 Å². The molecule has 21 heavy (non-hydrogen) atoms. The number of thiazole rings is 1. The summed E-state index contributed by atoms with van der Waals surface area (Å²) in [6.45, 7) is 1.59. The van der Waals surface area contributed by atoms with E-state index in [0.717, 1.165) is 31.8 Å². The summed E-state index contributed by atoms with van der Waals surface area (Å²) in [5.74, 6) is 0.0180. The van der Waals surface area contributed by atoms with Crippen LogP contribution in [0.5, 0.6) is 0 Å². The molecule has 2 aromatic heterocycles.